The van der Waals surface area contributed by atoms with E-state index < -0.39 is 0 Å². The molecule has 96 valence electrons. The van der Waals surface area contributed by atoms with Crippen molar-refractivity contribution in [3.63, 3.8) is 0 Å². The monoisotopic (exact) mass is 246 g/mol. The molecule has 1 aromatic carbocycles. The molecular weight excluding hydrogens is 228 g/mol. The predicted octanol–water partition coefficient (Wildman–Crippen LogP) is 2.28. The number of hydrogen-bond acceptors (Lipinski definition) is 4. The van der Waals surface area contributed by atoms with Crippen LogP contribution < -0.4 is 10.1 Å². The van der Waals surface area contributed by atoms with E-state index in [0.29, 0.717) is 17.0 Å². The molecule has 2 rings (SSSR count). The minimum atomic E-state index is -0.352. The van der Waals surface area contributed by atoms with Crippen molar-refractivity contribution in [2.45, 2.75) is 37.8 Å². The van der Waals surface area contributed by atoms with E-state index in [4.69, 9.17) is 10.00 Å². The molecule has 2 atom stereocenters. The number of ether oxygens (including phenoxy) is 1. The van der Waals surface area contributed by atoms with Gasteiger partial charge in [-0.15, -0.1) is 0 Å². The van der Waals surface area contributed by atoms with Crippen LogP contribution in [0.4, 0.5) is 5.69 Å². The number of nitriles is 1. The van der Waals surface area contributed by atoms with E-state index in [9.17, 15) is 5.11 Å². The second kappa shape index (κ2) is 5.74. The number of hydrogen-bond donors (Lipinski definition) is 2. The molecule has 1 aliphatic carbocycles. The van der Waals surface area contributed by atoms with Gasteiger partial charge in [0.05, 0.1) is 30.5 Å². The van der Waals surface area contributed by atoms with Gasteiger partial charge in [-0.3, -0.25) is 0 Å². The van der Waals surface area contributed by atoms with Crippen LogP contribution in [0.5, 0.6) is 5.75 Å². The first-order chi connectivity index (χ1) is 8.76. The highest BCUT2D eigenvalue weighted by atomic mass is 16.5. The van der Waals surface area contributed by atoms with Gasteiger partial charge in [-0.05, 0) is 25.0 Å². The molecule has 4 heteroatoms. The molecule has 1 aromatic rings. The molecule has 1 fully saturated rings. The number of anilines is 1. The van der Waals surface area contributed by atoms with Crippen LogP contribution >= 0.6 is 0 Å². The summed E-state index contributed by atoms with van der Waals surface area (Å²) in [4.78, 5) is 0. The lowest BCUT2D eigenvalue weighted by Gasteiger charge is -2.30. The fraction of sp³-hybridized carbons (Fsp3) is 0.500. The maximum Gasteiger partial charge on any atom is 0.143 e. The van der Waals surface area contributed by atoms with Gasteiger partial charge in [0, 0.05) is 0 Å². The number of aliphatic hydroxyl groups is 1. The SMILES string of the molecule is COc1cccc(C#N)c1NC1CCCCC1O. The average Bonchev–Trinajstić information content (AvgIpc) is 2.41. The Kier molecular flexibility index (Phi) is 4.06. The zero-order valence-corrected chi connectivity index (χ0v) is 10.5. The van der Waals surface area contributed by atoms with Crippen LogP contribution in [0.3, 0.4) is 0 Å². The molecule has 0 bridgehead atoms. The number of methoxy groups -OCH3 is 1. The Hall–Kier alpha value is -1.73. The van der Waals surface area contributed by atoms with Crippen LogP contribution in [0, 0.1) is 11.3 Å². The van der Waals surface area contributed by atoms with E-state index >= 15 is 0 Å². The fourth-order valence-electron chi connectivity index (χ4n) is 2.41. The summed E-state index contributed by atoms with van der Waals surface area (Å²) < 4.78 is 5.27. The van der Waals surface area contributed by atoms with E-state index in [-0.39, 0.29) is 12.1 Å². The molecule has 0 heterocycles. The normalized spacial score (nSPS) is 23.2. The lowest BCUT2D eigenvalue weighted by molar-refractivity contribution is 0.116. The molecule has 4 nitrogen and oxygen atoms in total. The number of rotatable bonds is 3. The summed E-state index contributed by atoms with van der Waals surface area (Å²) in [5.41, 5.74) is 1.24. The van der Waals surface area contributed by atoms with Crippen molar-refractivity contribution >= 4 is 5.69 Å². The summed E-state index contributed by atoms with van der Waals surface area (Å²) in [5.74, 6) is 0.645. The molecule has 18 heavy (non-hydrogen) atoms. The van der Waals surface area contributed by atoms with Gasteiger partial charge in [0.15, 0.2) is 0 Å². The number of benzene rings is 1. The maximum absolute atomic E-state index is 9.97. The van der Waals surface area contributed by atoms with E-state index in [1.54, 1.807) is 19.2 Å². The molecule has 2 unspecified atom stereocenters. The topological polar surface area (TPSA) is 65.3 Å². The summed E-state index contributed by atoms with van der Waals surface area (Å²) in [6.07, 6.45) is 3.55. The van der Waals surface area contributed by atoms with Crippen LogP contribution in [-0.4, -0.2) is 24.4 Å². The summed E-state index contributed by atoms with van der Waals surface area (Å²) in [5, 5.41) is 22.4. The molecule has 0 saturated heterocycles. The third-order valence-corrected chi connectivity index (χ3v) is 3.43. The quantitative estimate of drug-likeness (QED) is 0.858. The smallest absolute Gasteiger partial charge is 0.143 e. The fourth-order valence-corrected chi connectivity index (χ4v) is 2.41. The third-order valence-electron chi connectivity index (χ3n) is 3.43. The van der Waals surface area contributed by atoms with Crippen molar-refractivity contribution in [3.8, 4) is 11.8 Å². The molecule has 1 saturated carbocycles. The molecule has 0 aliphatic heterocycles. The molecule has 0 spiro atoms. The Morgan fingerprint density at radius 2 is 2.17 bits per heavy atom. The van der Waals surface area contributed by atoms with Crippen molar-refractivity contribution in [3.05, 3.63) is 23.8 Å². The maximum atomic E-state index is 9.97. The molecule has 2 N–H and O–H groups in total. The largest absolute Gasteiger partial charge is 0.495 e. The minimum Gasteiger partial charge on any atom is -0.495 e. The summed E-state index contributed by atoms with van der Waals surface area (Å²) in [7, 11) is 1.58. The van der Waals surface area contributed by atoms with Gasteiger partial charge in [0.25, 0.3) is 0 Å². The Bertz CT molecular complexity index is 454. The highest BCUT2D eigenvalue weighted by Gasteiger charge is 2.24. The van der Waals surface area contributed by atoms with Crippen LogP contribution in [0.15, 0.2) is 18.2 Å². The van der Waals surface area contributed by atoms with Crippen LogP contribution in [0.2, 0.25) is 0 Å². The molecule has 0 radical (unpaired) electrons. The lowest BCUT2D eigenvalue weighted by Crippen LogP contribution is -2.36. The summed E-state index contributed by atoms with van der Waals surface area (Å²) >= 11 is 0. The first-order valence-electron chi connectivity index (χ1n) is 6.28. The zero-order valence-electron chi connectivity index (χ0n) is 10.5. The zero-order chi connectivity index (χ0) is 13.0. The highest BCUT2D eigenvalue weighted by Crippen LogP contribution is 2.31. The van der Waals surface area contributed by atoms with Gasteiger partial charge in [-0.25, -0.2) is 0 Å². The second-order valence-electron chi connectivity index (χ2n) is 4.60. The Balaban J connectivity index is 2.24. The lowest BCUT2D eigenvalue weighted by atomic mass is 9.92. The Labute approximate surface area is 107 Å². The molecule has 0 aromatic heterocycles. The average molecular weight is 246 g/mol. The summed E-state index contributed by atoms with van der Waals surface area (Å²) in [6, 6.07) is 7.51. The predicted molar refractivity (Wildman–Crippen MR) is 69.6 cm³/mol. The molecule has 0 amide bonds. The number of para-hydroxylation sites is 1. The van der Waals surface area contributed by atoms with Crippen molar-refractivity contribution in [1.29, 1.82) is 5.26 Å². The number of nitrogens with zero attached hydrogens (tertiary/aromatic N) is 1. The van der Waals surface area contributed by atoms with Gasteiger partial charge in [0.2, 0.25) is 0 Å². The van der Waals surface area contributed by atoms with Crippen molar-refractivity contribution in [2.75, 3.05) is 12.4 Å². The van der Waals surface area contributed by atoms with E-state index in [2.05, 4.69) is 11.4 Å². The van der Waals surface area contributed by atoms with E-state index in [1.807, 2.05) is 6.07 Å². The standard InChI is InChI=1S/C14H18N2O2/c1-18-13-8-4-5-10(9-15)14(13)16-11-6-2-3-7-12(11)17/h4-5,8,11-12,16-17H,2-3,6-7H2,1H3. The first-order valence-corrected chi connectivity index (χ1v) is 6.28. The molecule has 1 aliphatic rings. The second-order valence-corrected chi connectivity index (χ2v) is 4.60. The van der Waals surface area contributed by atoms with Crippen molar-refractivity contribution in [1.82, 2.24) is 0 Å². The van der Waals surface area contributed by atoms with Crippen LogP contribution in [-0.2, 0) is 0 Å². The Morgan fingerprint density at radius 3 is 2.83 bits per heavy atom. The van der Waals surface area contributed by atoms with Gasteiger partial charge in [-0.1, -0.05) is 18.9 Å². The van der Waals surface area contributed by atoms with E-state index in [0.717, 1.165) is 25.7 Å². The number of aliphatic hydroxyl groups excluding tert-OH is 1. The van der Waals surface area contributed by atoms with Gasteiger partial charge in [-0.2, -0.15) is 5.26 Å². The van der Waals surface area contributed by atoms with Gasteiger partial charge in [0.1, 0.15) is 11.8 Å². The van der Waals surface area contributed by atoms with Gasteiger partial charge >= 0.3 is 0 Å². The number of nitrogens with one attached hydrogen (secondary N) is 1. The van der Waals surface area contributed by atoms with Crippen LogP contribution in [0.25, 0.3) is 0 Å². The van der Waals surface area contributed by atoms with Gasteiger partial charge < -0.3 is 15.2 Å². The first kappa shape index (κ1) is 12.7. The Morgan fingerprint density at radius 1 is 1.39 bits per heavy atom. The molecular formula is C14H18N2O2. The van der Waals surface area contributed by atoms with Crippen molar-refractivity contribution in [2.24, 2.45) is 0 Å². The highest BCUT2D eigenvalue weighted by molar-refractivity contribution is 5.66. The minimum absolute atomic E-state index is 0.00199. The van der Waals surface area contributed by atoms with Crippen LogP contribution in [0.1, 0.15) is 31.2 Å². The third kappa shape index (κ3) is 2.57. The van der Waals surface area contributed by atoms with E-state index in [1.165, 1.54) is 0 Å². The summed E-state index contributed by atoms with van der Waals surface area (Å²) in [6.45, 7) is 0. The van der Waals surface area contributed by atoms with Crippen molar-refractivity contribution < 1.29 is 9.84 Å².